The Kier molecular flexibility index (Phi) is 6.98. The monoisotopic (exact) mass is 475 g/mol. The normalized spacial score (nSPS) is 11.3. The minimum atomic E-state index is -0.421. The number of rotatable bonds is 5. The Morgan fingerprint density at radius 2 is 1.58 bits per heavy atom. The van der Waals surface area contributed by atoms with Crippen molar-refractivity contribution in [3.8, 4) is 22.4 Å². The highest BCUT2D eigenvalue weighted by atomic mass is 35.5. The average molecular weight is 476 g/mol. The first-order valence-corrected chi connectivity index (χ1v) is 10.8. The number of nitrogens with one attached hydrogen (secondary N) is 1. The average Bonchev–Trinajstić information content (AvgIpc) is 2.84. The summed E-state index contributed by atoms with van der Waals surface area (Å²) >= 11 is 12.1. The quantitative estimate of drug-likeness (QED) is 0.300. The summed E-state index contributed by atoms with van der Waals surface area (Å²) in [6, 6.07) is 22.1. The molecule has 2 aromatic carbocycles. The van der Waals surface area contributed by atoms with Gasteiger partial charge in [0.15, 0.2) is 5.96 Å². The fraction of sp³-hybridized carbons (Fsp3) is 0.0400. The summed E-state index contributed by atoms with van der Waals surface area (Å²) in [6.45, 7) is 0.239. The lowest BCUT2D eigenvalue weighted by molar-refractivity contribution is 0.0971. The molecule has 3 N–H and O–H groups in total. The van der Waals surface area contributed by atoms with Crippen molar-refractivity contribution in [1.82, 2.24) is 15.3 Å². The first-order chi connectivity index (χ1) is 16.0. The minimum Gasteiger partial charge on any atom is -0.370 e. The fourth-order valence-electron chi connectivity index (χ4n) is 3.18. The molecule has 8 heteroatoms. The number of benzene rings is 2. The second kappa shape index (κ2) is 10.3. The summed E-state index contributed by atoms with van der Waals surface area (Å²) < 4.78 is 0. The second-order valence-electron chi connectivity index (χ2n) is 7.12. The van der Waals surface area contributed by atoms with Gasteiger partial charge in [-0.05, 0) is 53.6 Å². The lowest BCUT2D eigenvalue weighted by atomic mass is 9.98. The van der Waals surface area contributed by atoms with E-state index in [2.05, 4.69) is 20.3 Å². The maximum atomic E-state index is 12.2. The molecule has 0 aliphatic heterocycles. The Labute approximate surface area is 201 Å². The third kappa shape index (κ3) is 5.74. The van der Waals surface area contributed by atoms with Crippen molar-refractivity contribution in [3.63, 3.8) is 0 Å². The molecule has 0 fully saturated rings. The molecule has 0 atom stereocenters. The fourth-order valence-corrected chi connectivity index (χ4v) is 3.43. The van der Waals surface area contributed by atoms with Crippen LogP contribution in [0, 0.1) is 0 Å². The highest BCUT2D eigenvalue weighted by molar-refractivity contribution is 6.31. The van der Waals surface area contributed by atoms with Gasteiger partial charge in [-0.15, -0.1) is 0 Å². The number of amides is 1. The lowest BCUT2D eigenvalue weighted by Crippen LogP contribution is -2.37. The summed E-state index contributed by atoms with van der Waals surface area (Å²) in [6.07, 6.45) is 3.27. The molecule has 2 heterocycles. The van der Waals surface area contributed by atoms with Gasteiger partial charge in [0.1, 0.15) is 5.69 Å². The van der Waals surface area contributed by atoms with E-state index in [0.717, 1.165) is 27.9 Å². The molecule has 4 rings (SSSR count). The maximum absolute atomic E-state index is 12.2. The molecule has 164 valence electrons. The van der Waals surface area contributed by atoms with Crippen LogP contribution in [-0.4, -0.2) is 21.8 Å². The number of hydrogen-bond donors (Lipinski definition) is 2. The molecule has 4 aromatic rings. The Morgan fingerprint density at radius 1 is 0.909 bits per heavy atom. The zero-order chi connectivity index (χ0) is 23.2. The molecule has 0 unspecified atom stereocenters. The van der Waals surface area contributed by atoms with Gasteiger partial charge in [-0.3, -0.25) is 20.1 Å². The van der Waals surface area contributed by atoms with Gasteiger partial charge >= 0.3 is 0 Å². The van der Waals surface area contributed by atoms with Crippen molar-refractivity contribution >= 4 is 35.1 Å². The SMILES string of the molecule is NC(=NCc1cnc(-c2ccc(Cl)cc2)c(-c2ccc(Cl)cc2)c1)NC(=O)c1ccccn1. The van der Waals surface area contributed by atoms with Crippen molar-refractivity contribution in [1.29, 1.82) is 0 Å². The van der Waals surface area contributed by atoms with Crippen molar-refractivity contribution < 1.29 is 4.79 Å². The number of carbonyl (C=O) groups is 1. The molecule has 0 radical (unpaired) electrons. The zero-order valence-electron chi connectivity index (χ0n) is 17.4. The van der Waals surface area contributed by atoms with Gasteiger partial charge < -0.3 is 5.73 Å². The predicted molar refractivity (Wildman–Crippen MR) is 132 cm³/mol. The van der Waals surface area contributed by atoms with Gasteiger partial charge in [-0.2, -0.15) is 0 Å². The number of aliphatic imine (C=N–C) groups is 1. The molecule has 6 nitrogen and oxygen atoms in total. The number of pyridine rings is 2. The molecule has 1 amide bonds. The van der Waals surface area contributed by atoms with E-state index < -0.39 is 5.91 Å². The van der Waals surface area contributed by atoms with E-state index in [0.29, 0.717) is 10.0 Å². The third-order valence-electron chi connectivity index (χ3n) is 4.79. The Morgan fingerprint density at radius 3 is 2.21 bits per heavy atom. The van der Waals surface area contributed by atoms with Crippen LogP contribution in [0.2, 0.25) is 10.0 Å². The summed E-state index contributed by atoms with van der Waals surface area (Å²) in [5, 5.41) is 3.84. The highest BCUT2D eigenvalue weighted by Crippen LogP contribution is 2.32. The topological polar surface area (TPSA) is 93.3 Å². The van der Waals surface area contributed by atoms with Gasteiger partial charge in [0.05, 0.1) is 12.2 Å². The molecular formula is C25H19Cl2N5O. The largest absolute Gasteiger partial charge is 0.370 e. The maximum Gasteiger partial charge on any atom is 0.276 e. The molecule has 0 bridgehead atoms. The van der Waals surface area contributed by atoms with Crippen molar-refractivity contribution in [3.05, 3.63) is 106 Å². The highest BCUT2D eigenvalue weighted by Gasteiger charge is 2.12. The molecule has 33 heavy (non-hydrogen) atoms. The number of carbonyl (C=O) groups excluding carboxylic acids is 1. The molecule has 0 saturated carbocycles. The van der Waals surface area contributed by atoms with E-state index >= 15 is 0 Å². The number of guanidine groups is 1. The van der Waals surface area contributed by atoms with E-state index in [-0.39, 0.29) is 18.2 Å². The number of nitrogens with two attached hydrogens (primary N) is 1. The number of halogens is 2. The van der Waals surface area contributed by atoms with Gasteiger partial charge in [0, 0.05) is 33.6 Å². The standard InChI is InChI=1S/C25H19Cl2N5O/c26-19-8-4-17(5-9-19)21-13-16(14-30-23(21)18-6-10-20(27)11-7-18)15-31-25(28)32-24(33)22-3-1-2-12-29-22/h1-14H,15H2,(H3,28,31,32,33). The zero-order valence-corrected chi connectivity index (χ0v) is 18.9. The summed E-state index contributed by atoms with van der Waals surface area (Å²) in [5.74, 6) is -0.421. The van der Waals surface area contributed by atoms with Crippen LogP contribution in [0.5, 0.6) is 0 Å². The third-order valence-corrected chi connectivity index (χ3v) is 5.29. The molecule has 2 aromatic heterocycles. The number of nitrogens with zero attached hydrogens (tertiary/aromatic N) is 3. The van der Waals surface area contributed by atoms with Gasteiger partial charge in [-0.25, -0.2) is 4.99 Å². The number of hydrogen-bond acceptors (Lipinski definition) is 4. The van der Waals surface area contributed by atoms with Crippen molar-refractivity contribution in [2.75, 3.05) is 0 Å². The second-order valence-corrected chi connectivity index (χ2v) is 8.00. The summed E-state index contributed by atoms with van der Waals surface area (Å²) in [5.41, 5.74) is 10.6. The van der Waals surface area contributed by atoms with Crippen LogP contribution in [0.3, 0.4) is 0 Å². The minimum absolute atomic E-state index is 0.000439. The Balaban J connectivity index is 1.60. The smallest absolute Gasteiger partial charge is 0.276 e. The summed E-state index contributed by atoms with van der Waals surface area (Å²) in [7, 11) is 0. The van der Waals surface area contributed by atoms with Crippen LogP contribution < -0.4 is 11.1 Å². The van der Waals surface area contributed by atoms with Crippen LogP contribution in [0.15, 0.2) is 90.2 Å². The van der Waals surface area contributed by atoms with Gasteiger partial charge in [0.25, 0.3) is 5.91 Å². The number of aromatic nitrogens is 2. The first kappa shape index (κ1) is 22.5. The van der Waals surface area contributed by atoms with E-state index in [4.69, 9.17) is 28.9 Å². The van der Waals surface area contributed by atoms with Gasteiger partial charge in [-0.1, -0.05) is 53.5 Å². The molecular weight excluding hydrogens is 457 g/mol. The van der Waals surface area contributed by atoms with Crippen molar-refractivity contribution in [2.45, 2.75) is 6.54 Å². The van der Waals surface area contributed by atoms with Crippen LogP contribution in [0.4, 0.5) is 0 Å². The van der Waals surface area contributed by atoms with Gasteiger partial charge in [0.2, 0.25) is 0 Å². The molecule has 0 spiro atoms. The van der Waals surface area contributed by atoms with Crippen LogP contribution in [-0.2, 0) is 6.54 Å². The molecule has 0 saturated heterocycles. The van der Waals surface area contributed by atoms with E-state index in [9.17, 15) is 4.79 Å². The molecule has 0 aliphatic carbocycles. The first-order valence-electron chi connectivity index (χ1n) is 10.0. The summed E-state index contributed by atoms with van der Waals surface area (Å²) in [4.78, 5) is 25.1. The predicted octanol–water partition coefficient (Wildman–Crippen LogP) is 5.36. The van der Waals surface area contributed by atoms with E-state index in [1.807, 2.05) is 54.6 Å². The van der Waals surface area contributed by atoms with Crippen molar-refractivity contribution in [2.24, 2.45) is 10.7 Å². The Bertz CT molecular complexity index is 1290. The van der Waals surface area contributed by atoms with Crippen LogP contribution >= 0.6 is 23.2 Å². The van der Waals surface area contributed by atoms with Crippen LogP contribution in [0.25, 0.3) is 22.4 Å². The molecule has 0 aliphatic rings. The lowest BCUT2D eigenvalue weighted by Gasteiger charge is -2.12. The Hall–Kier alpha value is -3.74. The van der Waals surface area contributed by atoms with E-state index in [1.54, 1.807) is 24.4 Å². The van der Waals surface area contributed by atoms with Crippen LogP contribution in [0.1, 0.15) is 16.1 Å². The van der Waals surface area contributed by atoms with E-state index in [1.165, 1.54) is 6.20 Å².